The average molecular weight is 376 g/mol. The summed E-state index contributed by atoms with van der Waals surface area (Å²) in [6, 6.07) is 9.12. The Kier molecular flexibility index (Phi) is 7.34. The molecule has 1 aliphatic rings. The summed E-state index contributed by atoms with van der Waals surface area (Å²) in [6.45, 7) is 0.0611. The maximum absolute atomic E-state index is 11.9. The molecule has 1 fully saturated rings. The van der Waals surface area contributed by atoms with Gasteiger partial charge in [-0.15, -0.1) is 0 Å². The fourth-order valence-electron chi connectivity index (χ4n) is 3.21. The topological polar surface area (TPSA) is 108 Å². The second-order valence-electron chi connectivity index (χ2n) is 6.52. The minimum Gasteiger partial charge on any atom is -0.464 e. The Labute approximate surface area is 157 Å². The Morgan fingerprint density at radius 1 is 1.26 bits per heavy atom. The van der Waals surface area contributed by atoms with Crippen molar-refractivity contribution in [3.8, 4) is 0 Å². The first-order valence-electron chi connectivity index (χ1n) is 8.87. The molecule has 27 heavy (non-hydrogen) atoms. The highest BCUT2D eigenvalue weighted by Gasteiger charge is 2.44. The molecule has 0 aromatic heterocycles. The van der Waals surface area contributed by atoms with E-state index in [1.54, 1.807) is 0 Å². The summed E-state index contributed by atoms with van der Waals surface area (Å²) in [4.78, 5) is 35.0. The highest BCUT2D eigenvalue weighted by atomic mass is 16.6. The first kappa shape index (κ1) is 20.4. The molecule has 1 N–H and O–H groups in total. The van der Waals surface area contributed by atoms with Crippen molar-refractivity contribution < 1.29 is 24.0 Å². The fourth-order valence-corrected chi connectivity index (χ4v) is 3.21. The van der Waals surface area contributed by atoms with Crippen LogP contribution in [0.4, 0.5) is 4.79 Å². The summed E-state index contributed by atoms with van der Waals surface area (Å²) < 4.78 is 9.74. The molecule has 0 aliphatic heterocycles. The van der Waals surface area contributed by atoms with E-state index in [1.165, 1.54) is 13.2 Å². The van der Waals surface area contributed by atoms with Crippen LogP contribution in [0.2, 0.25) is 0 Å². The number of alkyl carbamates (subject to hydrolysis) is 1. The second-order valence-corrected chi connectivity index (χ2v) is 6.52. The number of rotatable bonds is 8. The van der Waals surface area contributed by atoms with Crippen LogP contribution < -0.4 is 5.32 Å². The summed E-state index contributed by atoms with van der Waals surface area (Å²) in [6.07, 6.45) is 3.99. The number of carbonyl (C=O) groups excluding carboxylic acids is 2. The Balaban J connectivity index is 1.93. The number of nitro groups is 1. The largest absolute Gasteiger partial charge is 0.464 e. The summed E-state index contributed by atoms with van der Waals surface area (Å²) >= 11 is 0. The van der Waals surface area contributed by atoms with Gasteiger partial charge >= 0.3 is 12.1 Å². The van der Waals surface area contributed by atoms with E-state index >= 15 is 0 Å². The molecule has 0 radical (unpaired) electrons. The van der Waals surface area contributed by atoms with Gasteiger partial charge in [0.2, 0.25) is 5.54 Å². The zero-order valence-electron chi connectivity index (χ0n) is 15.3. The molecule has 0 unspecified atom stereocenters. The predicted molar refractivity (Wildman–Crippen MR) is 97.3 cm³/mol. The molecule has 0 atom stereocenters. The van der Waals surface area contributed by atoms with E-state index in [1.807, 2.05) is 30.3 Å². The predicted octanol–water partition coefficient (Wildman–Crippen LogP) is 3.34. The van der Waals surface area contributed by atoms with Gasteiger partial charge in [0, 0.05) is 24.2 Å². The van der Waals surface area contributed by atoms with Gasteiger partial charge < -0.3 is 9.47 Å². The number of hydrogen-bond acceptors (Lipinski definition) is 6. The number of allylic oxidation sites excluding steroid dienone is 1. The van der Waals surface area contributed by atoms with E-state index in [-0.39, 0.29) is 23.6 Å². The first-order chi connectivity index (χ1) is 13.0. The van der Waals surface area contributed by atoms with Crippen LogP contribution in [-0.4, -0.2) is 29.6 Å². The number of esters is 1. The lowest BCUT2D eigenvalue weighted by atomic mass is 9.92. The molecule has 8 heteroatoms. The number of benzene rings is 1. The zero-order chi connectivity index (χ0) is 19.7. The number of nitrogens with one attached hydrogen (secondary N) is 1. The fraction of sp³-hybridized carbons (Fsp3) is 0.474. The van der Waals surface area contributed by atoms with E-state index in [9.17, 15) is 19.7 Å². The molecule has 1 aromatic carbocycles. The summed E-state index contributed by atoms with van der Waals surface area (Å²) in [5, 5.41) is 13.8. The average Bonchev–Trinajstić information content (AvgIpc) is 3.16. The quantitative estimate of drug-likeness (QED) is 0.323. The van der Waals surface area contributed by atoms with E-state index < -0.39 is 17.6 Å². The molecule has 1 amide bonds. The van der Waals surface area contributed by atoms with Gasteiger partial charge in [-0.25, -0.2) is 9.59 Å². The van der Waals surface area contributed by atoms with Gasteiger partial charge in [-0.2, -0.15) is 0 Å². The van der Waals surface area contributed by atoms with Crippen molar-refractivity contribution >= 4 is 12.1 Å². The number of ether oxygens (including phenoxy) is 2. The van der Waals surface area contributed by atoms with Crippen molar-refractivity contribution in [1.82, 2.24) is 5.32 Å². The van der Waals surface area contributed by atoms with Gasteiger partial charge in [-0.1, -0.05) is 36.4 Å². The number of nitrogens with zero attached hydrogens (tertiary/aromatic N) is 1. The van der Waals surface area contributed by atoms with E-state index in [0.29, 0.717) is 19.3 Å². The van der Waals surface area contributed by atoms with Crippen molar-refractivity contribution in [1.29, 1.82) is 0 Å². The molecule has 1 saturated carbocycles. The second kappa shape index (κ2) is 9.70. The van der Waals surface area contributed by atoms with Gasteiger partial charge in [0.15, 0.2) is 0 Å². The molecule has 2 rings (SSSR count). The third kappa shape index (κ3) is 5.80. The number of amides is 1. The number of methoxy groups -OCH3 is 1. The lowest BCUT2D eigenvalue weighted by Gasteiger charge is -2.18. The van der Waals surface area contributed by atoms with Crippen LogP contribution in [0, 0.1) is 10.1 Å². The minimum absolute atomic E-state index is 0.0611. The van der Waals surface area contributed by atoms with Gasteiger partial charge in [-0.05, 0) is 24.8 Å². The van der Waals surface area contributed by atoms with Crippen LogP contribution in [0.3, 0.4) is 0 Å². The summed E-state index contributed by atoms with van der Waals surface area (Å²) in [5.74, 6) is -0.728. The molecular formula is C19H24N2O6. The van der Waals surface area contributed by atoms with Crippen molar-refractivity contribution in [2.24, 2.45) is 0 Å². The molecule has 0 saturated heterocycles. The molecule has 0 bridgehead atoms. The highest BCUT2D eigenvalue weighted by Crippen LogP contribution is 2.36. The molecule has 1 aliphatic carbocycles. The Hall–Kier alpha value is -2.90. The minimum atomic E-state index is -0.939. The number of hydrogen-bond donors (Lipinski definition) is 1. The Morgan fingerprint density at radius 3 is 2.52 bits per heavy atom. The van der Waals surface area contributed by atoms with Crippen LogP contribution >= 0.6 is 0 Å². The van der Waals surface area contributed by atoms with E-state index in [4.69, 9.17) is 4.74 Å². The lowest BCUT2D eigenvalue weighted by molar-refractivity contribution is -0.569. The number of carbonyl (C=O) groups is 2. The van der Waals surface area contributed by atoms with Crippen LogP contribution in [0.1, 0.15) is 44.1 Å². The van der Waals surface area contributed by atoms with E-state index in [0.717, 1.165) is 18.4 Å². The SMILES string of the molecule is COC(=O)C(=CCCC1([N+](=O)[O-])CCCC1)NC(=O)OCc1ccccc1. The third-order valence-corrected chi connectivity index (χ3v) is 4.73. The normalized spacial score (nSPS) is 15.8. The summed E-state index contributed by atoms with van der Waals surface area (Å²) in [5.41, 5.74) is -0.205. The van der Waals surface area contributed by atoms with Crippen molar-refractivity contribution in [3.05, 3.63) is 57.8 Å². The third-order valence-electron chi connectivity index (χ3n) is 4.73. The molecule has 1 aromatic rings. The van der Waals surface area contributed by atoms with Crippen molar-refractivity contribution in [3.63, 3.8) is 0 Å². The molecule has 0 spiro atoms. The smallest absolute Gasteiger partial charge is 0.412 e. The standard InChI is InChI=1S/C19H24N2O6/c1-26-17(22)16(10-7-13-19(21(24)25)11-5-6-12-19)20-18(23)27-14-15-8-3-2-4-9-15/h2-4,8-10H,5-7,11-14H2,1H3,(H,20,23). The first-order valence-corrected chi connectivity index (χ1v) is 8.87. The molecule has 8 nitrogen and oxygen atoms in total. The summed E-state index contributed by atoms with van der Waals surface area (Å²) in [7, 11) is 1.20. The monoisotopic (exact) mass is 376 g/mol. The zero-order valence-corrected chi connectivity index (χ0v) is 15.3. The molecule has 146 valence electrons. The maximum atomic E-state index is 11.9. The maximum Gasteiger partial charge on any atom is 0.412 e. The molecule has 0 heterocycles. The van der Waals surface area contributed by atoms with Crippen LogP contribution in [0.15, 0.2) is 42.1 Å². The highest BCUT2D eigenvalue weighted by molar-refractivity contribution is 5.92. The van der Waals surface area contributed by atoms with Crippen molar-refractivity contribution in [2.75, 3.05) is 7.11 Å². The van der Waals surface area contributed by atoms with Gasteiger partial charge in [0.25, 0.3) is 0 Å². The Morgan fingerprint density at radius 2 is 1.93 bits per heavy atom. The Bertz CT molecular complexity index is 695. The van der Waals surface area contributed by atoms with Crippen LogP contribution in [0.5, 0.6) is 0 Å². The van der Waals surface area contributed by atoms with Crippen LogP contribution in [0.25, 0.3) is 0 Å². The van der Waals surface area contributed by atoms with E-state index in [2.05, 4.69) is 10.1 Å². The lowest BCUT2D eigenvalue weighted by Crippen LogP contribution is -2.35. The molecular weight excluding hydrogens is 352 g/mol. The van der Waals surface area contributed by atoms with Crippen molar-refractivity contribution in [2.45, 2.75) is 50.7 Å². The van der Waals surface area contributed by atoms with Crippen LogP contribution in [-0.2, 0) is 20.9 Å². The van der Waals surface area contributed by atoms with Gasteiger partial charge in [0.05, 0.1) is 7.11 Å². The van der Waals surface area contributed by atoms with Gasteiger partial charge in [0.1, 0.15) is 12.3 Å². The van der Waals surface area contributed by atoms with Gasteiger partial charge in [-0.3, -0.25) is 15.4 Å².